The van der Waals surface area contributed by atoms with E-state index in [0.717, 1.165) is 18.7 Å². The van der Waals surface area contributed by atoms with Crippen LogP contribution in [0.1, 0.15) is 38.7 Å². The van der Waals surface area contributed by atoms with Crippen LogP contribution in [0.25, 0.3) is 0 Å². The molecule has 0 radical (unpaired) electrons. The first kappa shape index (κ1) is 13.8. The third-order valence-corrected chi connectivity index (χ3v) is 3.49. The number of halogens is 1. The van der Waals surface area contributed by atoms with E-state index in [-0.39, 0.29) is 11.7 Å². The van der Waals surface area contributed by atoms with Crippen molar-refractivity contribution in [1.82, 2.24) is 0 Å². The number of benzene rings is 1. The highest BCUT2D eigenvalue weighted by atomic mass is 19.1. The van der Waals surface area contributed by atoms with Crippen molar-refractivity contribution in [2.24, 2.45) is 11.7 Å². The molecule has 1 aromatic rings. The Labute approximate surface area is 114 Å². The van der Waals surface area contributed by atoms with E-state index in [1.165, 1.54) is 25.0 Å². The van der Waals surface area contributed by atoms with Crippen molar-refractivity contribution in [2.75, 3.05) is 11.4 Å². The first-order valence-corrected chi connectivity index (χ1v) is 6.89. The third-order valence-electron chi connectivity index (χ3n) is 3.49. The molecule has 2 rings (SSSR count). The zero-order chi connectivity index (χ0) is 14.0. The molecule has 1 aromatic carbocycles. The van der Waals surface area contributed by atoms with Crippen molar-refractivity contribution >= 4 is 11.5 Å². The Bertz CT molecular complexity index is 466. The van der Waals surface area contributed by atoms with Gasteiger partial charge in [0, 0.05) is 23.8 Å². The molecule has 1 aliphatic rings. The summed E-state index contributed by atoms with van der Waals surface area (Å²) in [6, 6.07) is 5.10. The van der Waals surface area contributed by atoms with Gasteiger partial charge in [-0.15, -0.1) is 0 Å². The molecule has 3 N–H and O–H groups in total. The topological polar surface area (TPSA) is 53.1 Å². The van der Waals surface area contributed by atoms with Gasteiger partial charge < -0.3 is 10.6 Å². The molecule has 3 nitrogen and oxygen atoms in total. The van der Waals surface area contributed by atoms with E-state index < -0.39 is 0 Å². The molecule has 0 heterocycles. The Morgan fingerprint density at radius 3 is 2.68 bits per heavy atom. The minimum atomic E-state index is -0.339. The minimum Gasteiger partial charge on any atom is -0.384 e. The molecule has 0 atom stereocenters. The number of nitrogens with one attached hydrogen (secondary N) is 1. The van der Waals surface area contributed by atoms with E-state index in [9.17, 15) is 4.39 Å². The summed E-state index contributed by atoms with van der Waals surface area (Å²) in [7, 11) is 0. The minimum absolute atomic E-state index is 0.0651. The summed E-state index contributed by atoms with van der Waals surface area (Å²) >= 11 is 0. The lowest BCUT2D eigenvalue weighted by Crippen LogP contribution is -2.30. The Kier molecular flexibility index (Phi) is 4.08. The van der Waals surface area contributed by atoms with E-state index in [2.05, 4.69) is 18.7 Å². The second kappa shape index (κ2) is 5.59. The molecule has 1 fully saturated rings. The van der Waals surface area contributed by atoms with Crippen LogP contribution in [0.2, 0.25) is 0 Å². The molecule has 0 amide bonds. The van der Waals surface area contributed by atoms with Crippen LogP contribution in [0.15, 0.2) is 18.2 Å². The fourth-order valence-electron chi connectivity index (χ4n) is 2.26. The van der Waals surface area contributed by atoms with E-state index in [0.29, 0.717) is 17.5 Å². The summed E-state index contributed by atoms with van der Waals surface area (Å²) in [6.45, 7) is 5.33. The molecule has 1 aliphatic carbocycles. The first-order chi connectivity index (χ1) is 8.99. The van der Waals surface area contributed by atoms with Crippen molar-refractivity contribution in [3.05, 3.63) is 29.6 Å². The van der Waals surface area contributed by atoms with Gasteiger partial charge in [0.25, 0.3) is 0 Å². The fourth-order valence-corrected chi connectivity index (χ4v) is 2.26. The maximum Gasteiger partial charge on any atom is 0.125 e. The van der Waals surface area contributed by atoms with Crippen LogP contribution in [0.3, 0.4) is 0 Å². The van der Waals surface area contributed by atoms with Crippen molar-refractivity contribution < 1.29 is 4.39 Å². The number of hydrogen-bond acceptors (Lipinski definition) is 2. The highest BCUT2D eigenvalue weighted by molar-refractivity contribution is 6.00. The Morgan fingerprint density at radius 2 is 2.16 bits per heavy atom. The number of rotatable bonds is 6. The molecule has 4 heteroatoms. The Hall–Kier alpha value is -1.58. The van der Waals surface area contributed by atoms with Gasteiger partial charge in [0.15, 0.2) is 0 Å². The van der Waals surface area contributed by atoms with Gasteiger partial charge in [0.05, 0.1) is 0 Å². The number of nitrogen functional groups attached to an aromatic ring is 1. The average Bonchev–Trinajstić information content (AvgIpc) is 3.14. The lowest BCUT2D eigenvalue weighted by Gasteiger charge is -2.27. The summed E-state index contributed by atoms with van der Waals surface area (Å²) < 4.78 is 13.3. The van der Waals surface area contributed by atoms with Gasteiger partial charge in [-0.25, -0.2) is 4.39 Å². The SMILES string of the molecule is CC(C)CCN(c1ccc(F)cc1C(=N)N)C1CC1. The molecule has 19 heavy (non-hydrogen) atoms. The summed E-state index contributed by atoms with van der Waals surface area (Å²) in [5.74, 6) is 0.223. The number of hydrogen-bond donors (Lipinski definition) is 2. The Balaban J connectivity index is 2.28. The zero-order valence-electron chi connectivity index (χ0n) is 11.6. The van der Waals surface area contributed by atoms with Gasteiger partial charge in [-0.1, -0.05) is 13.8 Å². The fraction of sp³-hybridized carbons (Fsp3) is 0.533. The normalized spacial score (nSPS) is 14.7. The maximum absolute atomic E-state index is 13.3. The molecule has 0 aromatic heterocycles. The number of anilines is 1. The van der Waals surface area contributed by atoms with Gasteiger partial charge in [-0.3, -0.25) is 5.41 Å². The van der Waals surface area contributed by atoms with E-state index in [1.54, 1.807) is 6.07 Å². The van der Waals surface area contributed by atoms with E-state index >= 15 is 0 Å². The smallest absolute Gasteiger partial charge is 0.125 e. The summed E-state index contributed by atoms with van der Waals surface area (Å²) in [6.07, 6.45) is 3.44. The molecule has 0 unspecified atom stereocenters. The largest absolute Gasteiger partial charge is 0.384 e. The van der Waals surface area contributed by atoms with Gasteiger partial charge in [-0.2, -0.15) is 0 Å². The number of nitrogens with zero attached hydrogens (tertiary/aromatic N) is 1. The van der Waals surface area contributed by atoms with Crippen molar-refractivity contribution in [1.29, 1.82) is 5.41 Å². The van der Waals surface area contributed by atoms with Gasteiger partial charge in [0.2, 0.25) is 0 Å². The summed E-state index contributed by atoms with van der Waals surface area (Å²) in [4.78, 5) is 2.29. The van der Waals surface area contributed by atoms with Crippen molar-refractivity contribution in [3.63, 3.8) is 0 Å². The standard InChI is InChI=1S/C15H22FN3/c1-10(2)7-8-19(12-4-5-12)14-6-3-11(16)9-13(14)15(17)18/h3,6,9-10,12H,4-5,7-8H2,1-2H3,(H3,17,18). The second-order valence-electron chi connectivity index (χ2n) is 5.68. The lowest BCUT2D eigenvalue weighted by atomic mass is 10.1. The molecule has 1 saturated carbocycles. The van der Waals surface area contributed by atoms with E-state index in [4.69, 9.17) is 11.1 Å². The molecule has 0 saturated heterocycles. The number of amidine groups is 1. The first-order valence-electron chi connectivity index (χ1n) is 6.89. The number of nitrogens with two attached hydrogens (primary N) is 1. The highest BCUT2D eigenvalue weighted by Crippen LogP contribution is 2.34. The maximum atomic E-state index is 13.3. The van der Waals surface area contributed by atoms with Crippen LogP contribution < -0.4 is 10.6 Å². The van der Waals surface area contributed by atoms with Gasteiger partial charge in [0.1, 0.15) is 11.7 Å². The molecule has 0 bridgehead atoms. The van der Waals surface area contributed by atoms with Crippen LogP contribution in [-0.4, -0.2) is 18.4 Å². The molecular weight excluding hydrogens is 241 g/mol. The lowest BCUT2D eigenvalue weighted by molar-refractivity contribution is 0.570. The second-order valence-corrected chi connectivity index (χ2v) is 5.68. The average molecular weight is 263 g/mol. The van der Waals surface area contributed by atoms with Crippen molar-refractivity contribution in [2.45, 2.75) is 39.2 Å². The van der Waals surface area contributed by atoms with Gasteiger partial charge in [-0.05, 0) is 43.4 Å². The van der Waals surface area contributed by atoms with Crippen LogP contribution >= 0.6 is 0 Å². The third kappa shape index (κ3) is 3.46. The van der Waals surface area contributed by atoms with Crippen LogP contribution in [0.4, 0.5) is 10.1 Å². The van der Waals surface area contributed by atoms with Crippen molar-refractivity contribution in [3.8, 4) is 0 Å². The molecule has 0 spiro atoms. The van der Waals surface area contributed by atoms with Gasteiger partial charge >= 0.3 is 0 Å². The molecule has 104 valence electrons. The Morgan fingerprint density at radius 1 is 1.47 bits per heavy atom. The highest BCUT2D eigenvalue weighted by Gasteiger charge is 2.30. The predicted octanol–water partition coefficient (Wildman–Crippen LogP) is 3.12. The van der Waals surface area contributed by atoms with Crippen LogP contribution in [0.5, 0.6) is 0 Å². The molecular formula is C15H22FN3. The van der Waals surface area contributed by atoms with Crippen LogP contribution in [-0.2, 0) is 0 Å². The summed E-state index contributed by atoms with van der Waals surface area (Å²) in [5.41, 5.74) is 7.00. The quantitative estimate of drug-likeness (QED) is 0.612. The predicted molar refractivity (Wildman–Crippen MR) is 77.2 cm³/mol. The van der Waals surface area contributed by atoms with E-state index in [1.807, 2.05) is 0 Å². The molecule has 0 aliphatic heterocycles. The monoisotopic (exact) mass is 263 g/mol. The van der Waals surface area contributed by atoms with Crippen LogP contribution in [0, 0.1) is 17.1 Å². The summed E-state index contributed by atoms with van der Waals surface area (Å²) in [5, 5.41) is 7.63. The zero-order valence-corrected chi connectivity index (χ0v) is 11.6.